The van der Waals surface area contributed by atoms with Gasteiger partial charge in [-0.2, -0.15) is 0 Å². The van der Waals surface area contributed by atoms with Crippen molar-refractivity contribution < 1.29 is 19.4 Å². The number of hydrogen-bond acceptors (Lipinski definition) is 5. The summed E-state index contributed by atoms with van der Waals surface area (Å²) >= 11 is 1.31. The fourth-order valence-corrected chi connectivity index (χ4v) is 4.16. The highest BCUT2D eigenvalue weighted by Gasteiger charge is 2.33. The Morgan fingerprint density at radius 3 is 2.50 bits per heavy atom. The molecule has 1 fully saturated rings. The van der Waals surface area contributed by atoms with Crippen LogP contribution in [-0.2, 0) is 11.3 Å². The summed E-state index contributed by atoms with van der Waals surface area (Å²) in [5.74, 6) is -0.433. The first-order valence-corrected chi connectivity index (χ1v) is 10.7. The molecule has 1 N–H and O–H groups in total. The van der Waals surface area contributed by atoms with Gasteiger partial charge in [0.1, 0.15) is 5.75 Å². The number of aliphatic imine (C=N–C) groups is 1. The van der Waals surface area contributed by atoms with Gasteiger partial charge in [-0.05, 0) is 65.4 Å². The molecule has 0 saturated carbocycles. The number of para-hydroxylation sites is 1. The van der Waals surface area contributed by atoms with Crippen molar-refractivity contribution in [3.8, 4) is 5.75 Å². The second-order valence-electron chi connectivity index (χ2n) is 7.01. The molecule has 0 radical (unpaired) electrons. The van der Waals surface area contributed by atoms with E-state index in [0.29, 0.717) is 15.8 Å². The van der Waals surface area contributed by atoms with Crippen molar-refractivity contribution in [1.29, 1.82) is 0 Å². The third kappa shape index (κ3) is 4.90. The van der Waals surface area contributed by atoms with Crippen LogP contribution < -0.4 is 4.74 Å². The third-order valence-corrected chi connectivity index (χ3v) is 5.81. The second kappa shape index (κ2) is 9.53. The van der Waals surface area contributed by atoms with Gasteiger partial charge in [0.2, 0.25) is 0 Å². The number of carboxylic acid groups (broad SMARTS) is 1. The smallest absolute Gasteiger partial charge is 0.335 e. The van der Waals surface area contributed by atoms with Crippen molar-refractivity contribution in [2.75, 3.05) is 7.11 Å². The SMILES string of the molecule is COc1cccc(C=C2SC(=Nc3ccccc3)N(Cc3ccc(C(=O)O)cc3)C2=O)c1. The maximum absolute atomic E-state index is 13.3. The summed E-state index contributed by atoms with van der Waals surface area (Å²) in [4.78, 5) is 31.2. The third-order valence-electron chi connectivity index (χ3n) is 4.80. The molecule has 0 aliphatic carbocycles. The number of rotatable bonds is 6. The molecule has 7 heteroatoms. The Kier molecular flexibility index (Phi) is 6.37. The lowest BCUT2D eigenvalue weighted by Crippen LogP contribution is -2.28. The summed E-state index contributed by atoms with van der Waals surface area (Å²) < 4.78 is 5.28. The number of amidine groups is 1. The zero-order chi connectivity index (χ0) is 22.5. The maximum Gasteiger partial charge on any atom is 0.335 e. The number of thioether (sulfide) groups is 1. The molecule has 1 aliphatic rings. The molecule has 0 unspecified atom stereocenters. The monoisotopic (exact) mass is 444 g/mol. The second-order valence-corrected chi connectivity index (χ2v) is 8.02. The van der Waals surface area contributed by atoms with Crippen LogP contribution in [0.2, 0.25) is 0 Å². The van der Waals surface area contributed by atoms with Gasteiger partial charge in [-0.25, -0.2) is 9.79 Å². The molecule has 3 aromatic carbocycles. The molecule has 1 aliphatic heterocycles. The molecule has 3 aromatic rings. The van der Waals surface area contributed by atoms with Crippen LogP contribution in [0.15, 0.2) is 88.8 Å². The molecule has 1 heterocycles. The van der Waals surface area contributed by atoms with Crippen LogP contribution in [0.1, 0.15) is 21.5 Å². The first-order valence-electron chi connectivity index (χ1n) is 9.85. The van der Waals surface area contributed by atoms with Gasteiger partial charge in [0.05, 0.1) is 29.8 Å². The van der Waals surface area contributed by atoms with Gasteiger partial charge < -0.3 is 9.84 Å². The van der Waals surface area contributed by atoms with Crippen molar-refractivity contribution in [3.05, 3.63) is 100 Å². The zero-order valence-corrected chi connectivity index (χ0v) is 18.1. The standard InChI is InChI=1S/C25H20N2O4S/c1-31-21-9-5-6-18(14-21)15-22-23(28)27(16-17-10-12-19(13-11-17)24(29)30)25(32-22)26-20-7-3-2-4-8-20/h2-15H,16H2,1H3,(H,29,30). The van der Waals surface area contributed by atoms with E-state index in [2.05, 4.69) is 4.99 Å². The normalized spacial score (nSPS) is 16.0. The lowest BCUT2D eigenvalue weighted by atomic mass is 10.1. The lowest BCUT2D eigenvalue weighted by molar-refractivity contribution is -0.122. The van der Waals surface area contributed by atoms with E-state index in [-0.39, 0.29) is 18.0 Å². The average molecular weight is 445 g/mol. The van der Waals surface area contributed by atoms with Crippen molar-refractivity contribution in [1.82, 2.24) is 4.90 Å². The highest BCUT2D eigenvalue weighted by molar-refractivity contribution is 8.18. The minimum atomic E-state index is -0.987. The number of nitrogens with zero attached hydrogens (tertiary/aromatic N) is 2. The van der Waals surface area contributed by atoms with Crippen LogP contribution in [0.25, 0.3) is 6.08 Å². The molecule has 1 saturated heterocycles. The van der Waals surface area contributed by atoms with Gasteiger partial charge in [-0.1, -0.05) is 42.5 Å². The Morgan fingerprint density at radius 2 is 1.81 bits per heavy atom. The molecule has 4 rings (SSSR count). The van der Waals surface area contributed by atoms with Gasteiger partial charge >= 0.3 is 5.97 Å². The van der Waals surface area contributed by atoms with E-state index in [1.807, 2.05) is 60.7 Å². The van der Waals surface area contributed by atoms with E-state index in [0.717, 1.165) is 16.8 Å². The molecule has 6 nitrogen and oxygen atoms in total. The quantitative estimate of drug-likeness (QED) is 0.529. The molecule has 0 aromatic heterocycles. The lowest BCUT2D eigenvalue weighted by Gasteiger charge is -2.16. The minimum absolute atomic E-state index is 0.158. The minimum Gasteiger partial charge on any atom is -0.497 e. The van der Waals surface area contributed by atoms with Crippen molar-refractivity contribution >= 4 is 40.6 Å². The zero-order valence-electron chi connectivity index (χ0n) is 17.3. The molecule has 1 amide bonds. The van der Waals surface area contributed by atoms with E-state index in [1.54, 1.807) is 24.1 Å². The first-order chi connectivity index (χ1) is 15.5. The summed E-state index contributed by atoms with van der Waals surface area (Å²) in [6.07, 6.45) is 1.82. The van der Waals surface area contributed by atoms with Crippen LogP contribution >= 0.6 is 11.8 Å². The number of ether oxygens (including phenoxy) is 1. The summed E-state index contributed by atoms with van der Waals surface area (Å²) in [7, 11) is 1.60. The van der Waals surface area contributed by atoms with Crippen LogP contribution in [-0.4, -0.2) is 34.2 Å². The summed E-state index contributed by atoms with van der Waals surface area (Å²) in [6, 6.07) is 23.4. The molecular formula is C25H20N2O4S. The van der Waals surface area contributed by atoms with E-state index < -0.39 is 5.97 Å². The van der Waals surface area contributed by atoms with Gasteiger partial charge in [-0.15, -0.1) is 0 Å². The molecular weight excluding hydrogens is 424 g/mol. The largest absolute Gasteiger partial charge is 0.497 e. The number of benzene rings is 3. The number of carboxylic acids is 1. The first kappa shape index (κ1) is 21.4. The van der Waals surface area contributed by atoms with Crippen LogP contribution in [0.5, 0.6) is 5.75 Å². The highest BCUT2D eigenvalue weighted by atomic mass is 32.2. The number of amides is 1. The highest BCUT2D eigenvalue weighted by Crippen LogP contribution is 2.35. The Bertz CT molecular complexity index is 1200. The predicted molar refractivity (Wildman–Crippen MR) is 126 cm³/mol. The molecule has 0 bridgehead atoms. The number of methoxy groups -OCH3 is 1. The Labute approximate surface area is 189 Å². The average Bonchev–Trinajstić information content (AvgIpc) is 3.09. The summed E-state index contributed by atoms with van der Waals surface area (Å²) in [6.45, 7) is 0.285. The van der Waals surface area contributed by atoms with Crippen molar-refractivity contribution in [2.45, 2.75) is 6.54 Å². The number of carbonyl (C=O) groups is 2. The van der Waals surface area contributed by atoms with Crippen LogP contribution in [0.3, 0.4) is 0 Å². The number of aromatic carboxylic acids is 1. The molecule has 0 spiro atoms. The van der Waals surface area contributed by atoms with Crippen molar-refractivity contribution in [2.24, 2.45) is 4.99 Å². The number of carbonyl (C=O) groups excluding carboxylic acids is 1. The van der Waals surface area contributed by atoms with Crippen LogP contribution in [0, 0.1) is 0 Å². The summed E-state index contributed by atoms with van der Waals surface area (Å²) in [5.41, 5.74) is 2.61. The predicted octanol–water partition coefficient (Wildman–Crippen LogP) is 5.20. The maximum atomic E-state index is 13.3. The van der Waals surface area contributed by atoms with Gasteiger partial charge in [-0.3, -0.25) is 9.69 Å². The fraction of sp³-hybridized carbons (Fsp3) is 0.0800. The number of hydrogen-bond donors (Lipinski definition) is 1. The van der Waals surface area contributed by atoms with E-state index in [9.17, 15) is 9.59 Å². The molecule has 160 valence electrons. The van der Waals surface area contributed by atoms with Gasteiger partial charge in [0.15, 0.2) is 5.17 Å². The topological polar surface area (TPSA) is 79.2 Å². The Hall–Kier alpha value is -3.84. The van der Waals surface area contributed by atoms with Crippen molar-refractivity contribution in [3.63, 3.8) is 0 Å². The Morgan fingerprint density at radius 1 is 1.06 bits per heavy atom. The van der Waals surface area contributed by atoms with E-state index in [1.165, 1.54) is 23.9 Å². The van der Waals surface area contributed by atoms with Crippen LogP contribution in [0.4, 0.5) is 5.69 Å². The summed E-state index contributed by atoms with van der Waals surface area (Å²) in [5, 5.41) is 9.68. The fourth-order valence-electron chi connectivity index (χ4n) is 3.16. The Balaban J connectivity index is 1.67. The van der Waals surface area contributed by atoms with Gasteiger partial charge in [0.25, 0.3) is 5.91 Å². The molecule has 32 heavy (non-hydrogen) atoms. The van der Waals surface area contributed by atoms with E-state index in [4.69, 9.17) is 9.84 Å². The van der Waals surface area contributed by atoms with E-state index >= 15 is 0 Å². The molecule has 0 atom stereocenters. The van der Waals surface area contributed by atoms with Gasteiger partial charge in [0, 0.05) is 0 Å².